The molecule has 24 heavy (non-hydrogen) atoms. The van der Waals surface area contributed by atoms with Crippen LogP contribution in [0, 0.1) is 33.7 Å². The number of rotatable bonds is 11. The van der Waals surface area contributed by atoms with Gasteiger partial charge in [-0.25, -0.2) is 0 Å². The van der Waals surface area contributed by atoms with Gasteiger partial charge < -0.3 is 9.47 Å². The summed E-state index contributed by atoms with van der Waals surface area (Å²) in [7, 11) is 0. The number of hydrogen-bond donors (Lipinski definition) is 2. The molecule has 2 N–H and O–H groups in total. The second-order valence-electron chi connectivity index (χ2n) is 6.62. The minimum Gasteiger partial charge on any atom is -0.379 e. The van der Waals surface area contributed by atoms with Gasteiger partial charge in [-0.2, -0.15) is 10.5 Å². The maximum Gasteiger partial charge on any atom is 0.238 e. The van der Waals surface area contributed by atoms with E-state index in [1.807, 2.05) is 0 Å². The molecule has 0 aliphatic carbocycles. The van der Waals surface area contributed by atoms with Gasteiger partial charge in [0, 0.05) is 24.0 Å². The number of ether oxygens (including phenoxy) is 2. The highest BCUT2D eigenvalue weighted by molar-refractivity contribution is 5.83. The molecule has 0 fully saturated rings. The lowest BCUT2D eigenvalue weighted by Gasteiger charge is -2.22. The van der Waals surface area contributed by atoms with Crippen molar-refractivity contribution in [3.63, 3.8) is 0 Å². The Labute approximate surface area is 143 Å². The normalized spacial score (nSPS) is 11.2. The molecule has 0 spiro atoms. The Bertz CT molecular complexity index is 457. The fourth-order valence-corrected chi connectivity index (χ4v) is 1.64. The van der Waals surface area contributed by atoms with Gasteiger partial charge in [0.05, 0.1) is 13.2 Å². The Morgan fingerprint density at radius 2 is 1.12 bits per heavy atom. The molecule has 0 aliphatic heterocycles. The predicted octanol–water partition coefficient (Wildman–Crippen LogP) is 1.05. The molecule has 0 bridgehead atoms. The number of nitrogens with zero attached hydrogens (tertiary/aromatic N) is 2. The fourth-order valence-electron chi connectivity index (χ4n) is 1.64. The molecule has 0 aromatic rings. The number of nitriles is 2. The van der Waals surface area contributed by atoms with Crippen LogP contribution in [0.5, 0.6) is 0 Å². The van der Waals surface area contributed by atoms with Gasteiger partial charge in [-0.1, -0.05) is 27.7 Å². The molecule has 0 aromatic heterocycles. The number of hydrogen-bond acceptors (Lipinski definition) is 6. The first kappa shape index (κ1) is 21.8. The molecular weight excluding hydrogens is 312 g/mol. The molecule has 0 atom stereocenters. The first-order valence-corrected chi connectivity index (χ1v) is 7.72. The summed E-state index contributed by atoms with van der Waals surface area (Å²) in [6, 6.07) is 0. The minimum absolute atomic E-state index is 0.331. The average Bonchev–Trinajstić information content (AvgIpc) is 2.50. The Kier molecular flexibility index (Phi) is 9.63. The third-order valence-corrected chi connectivity index (χ3v) is 3.68. The Morgan fingerprint density at radius 1 is 0.792 bits per heavy atom. The topological polar surface area (TPSA) is 124 Å². The van der Waals surface area contributed by atoms with E-state index in [1.165, 1.54) is 0 Å². The zero-order valence-corrected chi connectivity index (χ0v) is 14.8. The van der Waals surface area contributed by atoms with Gasteiger partial charge in [-0.15, -0.1) is 0 Å². The quantitative estimate of drug-likeness (QED) is 0.329. The van der Waals surface area contributed by atoms with Gasteiger partial charge in [-0.3, -0.25) is 20.2 Å². The largest absolute Gasteiger partial charge is 0.379 e. The molecule has 0 aromatic carbocycles. The van der Waals surface area contributed by atoms with Crippen molar-refractivity contribution in [2.45, 2.75) is 40.5 Å². The van der Waals surface area contributed by atoms with Crippen LogP contribution in [0.4, 0.5) is 0 Å². The van der Waals surface area contributed by atoms with E-state index in [-0.39, 0.29) is 11.8 Å². The molecular formula is C16H26N4O4. The van der Waals surface area contributed by atoms with Crippen molar-refractivity contribution >= 4 is 11.8 Å². The van der Waals surface area contributed by atoms with Crippen LogP contribution in [0.15, 0.2) is 0 Å². The Morgan fingerprint density at radius 3 is 1.42 bits per heavy atom. The standard InChI is InChI=1S/C16H26N4O4/c1-15(2,13(21)19-11-17)5-7-23-9-10-24-8-6-16(3,4)14(22)20-12-18/h5-10H2,1-4H3,(H,19,21)(H,20,22). The first-order valence-electron chi connectivity index (χ1n) is 7.72. The molecule has 0 saturated heterocycles. The highest BCUT2D eigenvalue weighted by Gasteiger charge is 2.28. The van der Waals surface area contributed by atoms with E-state index in [1.54, 1.807) is 40.1 Å². The fraction of sp³-hybridized carbons (Fsp3) is 0.750. The van der Waals surface area contributed by atoms with Crippen molar-refractivity contribution in [3.8, 4) is 12.4 Å². The van der Waals surface area contributed by atoms with Crippen LogP contribution in [-0.4, -0.2) is 38.2 Å². The summed E-state index contributed by atoms with van der Waals surface area (Å²) in [5.41, 5.74) is -1.34. The minimum atomic E-state index is -0.672. The maximum atomic E-state index is 11.6. The Hall–Kier alpha value is -2.16. The van der Waals surface area contributed by atoms with E-state index in [0.29, 0.717) is 39.3 Å². The van der Waals surface area contributed by atoms with E-state index >= 15 is 0 Å². The van der Waals surface area contributed by atoms with Gasteiger partial charge in [0.25, 0.3) is 0 Å². The molecule has 8 nitrogen and oxygen atoms in total. The zero-order valence-electron chi connectivity index (χ0n) is 14.8. The van der Waals surface area contributed by atoms with E-state index in [0.717, 1.165) is 0 Å². The monoisotopic (exact) mass is 338 g/mol. The molecule has 2 amide bonds. The summed E-state index contributed by atoms with van der Waals surface area (Å²) in [5.74, 6) is -0.662. The molecule has 0 radical (unpaired) electrons. The second-order valence-corrected chi connectivity index (χ2v) is 6.62. The molecule has 0 unspecified atom stereocenters. The SMILES string of the molecule is CC(C)(CCOCCOCCC(C)(C)C(=O)NC#N)C(=O)NC#N. The van der Waals surface area contributed by atoms with E-state index < -0.39 is 10.8 Å². The van der Waals surface area contributed by atoms with E-state index in [4.69, 9.17) is 20.0 Å². The zero-order chi connectivity index (χ0) is 18.6. The van der Waals surface area contributed by atoms with Crippen molar-refractivity contribution in [2.75, 3.05) is 26.4 Å². The summed E-state index contributed by atoms with van der Waals surface area (Å²) < 4.78 is 10.8. The molecule has 8 heteroatoms. The summed E-state index contributed by atoms with van der Waals surface area (Å²) in [6.45, 7) is 8.49. The van der Waals surface area contributed by atoms with Crippen LogP contribution < -0.4 is 10.6 Å². The number of carbonyl (C=O) groups is 2. The lowest BCUT2D eigenvalue weighted by molar-refractivity contribution is -0.130. The molecule has 0 rings (SSSR count). The highest BCUT2D eigenvalue weighted by Crippen LogP contribution is 2.21. The van der Waals surface area contributed by atoms with Crippen molar-refractivity contribution in [1.29, 1.82) is 10.5 Å². The third kappa shape index (κ3) is 8.47. The first-order chi connectivity index (χ1) is 11.2. The second kappa shape index (κ2) is 10.6. The number of carbonyl (C=O) groups excluding carboxylic acids is 2. The predicted molar refractivity (Wildman–Crippen MR) is 85.9 cm³/mol. The van der Waals surface area contributed by atoms with Crippen LogP contribution >= 0.6 is 0 Å². The Balaban J connectivity index is 3.79. The lowest BCUT2D eigenvalue weighted by Crippen LogP contribution is -2.35. The number of nitrogens with one attached hydrogen (secondary N) is 2. The van der Waals surface area contributed by atoms with Gasteiger partial charge in [0.1, 0.15) is 0 Å². The maximum absolute atomic E-state index is 11.6. The average molecular weight is 338 g/mol. The van der Waals surface area contributed by atoms with Crippen molar-refractivity contribution in [2.24, 2.45) is 10.8 Å². The van der Waals surface area contributed by atoms with Crippen LogP contribution in [0.3, 0.4) is 0 Å². The summed E-state index contributed by atoms with van der Waals surface area (Å²) in [6.07, 6.45) is 4.22. The van der Waals surface area contributed by atoms with Gasteiger partial charge >= 0.3 is 0 Å². The summed E-state index contributed by atoms with van der Waals surface area (Å²) in [4.78, 5) is 23.2. The van der Waals surface area contributed by atoms with Crippen LogP contribution in [0.1, 0.15) is 40.5 Å². The summed E-state index contributed by atoms with van der Waals surface area (Å²) in [5, 5.41) is 21.1. The van der Waals surface area contributed by atoms with Crippen molar-refractivity contribution < 1.29 is 19.1 Å². The van der Waals surface area contributed by atoms with E-state index in [2.05, 4.69) is 10.6 Å². The van der Waals surface area contributed by atoms with Crippen LogP contribution in [0.2, 0.25) is 0 Å². The lowest BCUT2D eigenvalue weighted by atomic mass is 9.89. The van der Waals surface area contributed by atoms with Crippen LogP contribution in [-0.2, 0) is 19.1 Å². The summed E-state index contributed by atoms with van der Waals surface area (Å²) >= 11 is 0. The van der Waals surface area contributed by atoms with Crippen LogP contribution in [0.25, 0.3) is 0 Å². The third-order valence-electron chi connectivity index (χ3n) is 3.68. The van der Waals surface area contributed by atoms with Gasteiger partial charge in [-0.05, 0) is 12.8 Å². The number of amides is 2. The van der Waals surface area contributed by atoms with Gasteiger partial charge in [0.15, 0.2) is 12.4 Å². The van der Waals surface area contributed by atoms with Crippen molar-refractivity contribution in [3.05, 3.63) is 0 Å². The molecule has 0 heterocycles. The molecule has 0 saturated carbocycles. The smallest absolute Gasteiger partial charge is 0.238 e. The van der Waals surface area contributed by atoms with Gasteiger partial charge in [0.2, 0.25) is 11.8 Å². The molecule has 134 valence electrons. The van der Waals surface area contributed by atoms with Crippen molar-refractivity contribution in [1.82, 2.24) is 10.6 Å². The highest BCUT2D eigenvalue weighted by atomic mass is 16.5. The molecule has 0 aliphatic rings. The van der Waals surface area contributed by atoms with E-state index in [9.17, 15) is 9.59 Å².